The van der Waals surface area contributed by atoms with Crippen molar-refractivity contribution in [2.45, 2.75) is 25.9 Å². The molecule has 2 heterocycles. The van der Waals surface area contributed by atoms with Gasteiger partial charge in [0.05, 0.1) is 5.69 Å². The number of fused-ring (bicyclic) bond motifs is 1. The minimum Gasteiger partial charge on any atom is -0.322 e. The molecule has 4 rings (SSSR count). The molecule has 0 spiro atoms. The van der Waals surface area contributed by atoms with Crippen LogP contribution in [0.1, 0.15) is 23.0 Å². The summed E-state index contributed by atoms with van der Waals surface area (Å²) in [6.45, 7) is 1.45. The molecule has 7 nitrogen and oxygen atoms in total. The van der Waals surface area contributed by atoms with Crippen LogP contribution in [0.4, 0.5) is 15.8 Å². The van der Waals surface area contributed by atoms with Crippen molar-refractivity contribution in [3.05, 3.63) is 87.0 Å². The Labute approximate surface area is 182 Å². The zero-order chi connectivity index (χ0) is 22.1. The normalized spacial score (nSPS) is 14.9. The Hall–Kier alpha value is -3.52. The quantitative estimate of drug-likeness (QED) is 0.674. The number of amides is 2. The number of nitrogens with zero attached hydrogens (tertiary/aromatic N) is 3. The summed E-state index contributed by atoms with van der Waals surface area (Å²) in [4.78, 5) is 39.3. The van der Waals surface area contributed by atoms with Crippen LogP contribution in [0.15, 0.2) is 59.4 Å². The van der Waals surface area contributed by atoms with Crippen LogP contribution < -0.4 is 15.8 Å². The van der Waals surface area contributed by atoms with Crippen molar-refractivity contribution in [2.24, 2.45) is 0 Å². The van der Waals surface area contributed by atoms with Gasteiger partial charge in [-0.05, 0) is 49.2 Å². The van der Waals surface area contributed by atoms with E-state index < -0.39 is 23.8 Å². The number of carbonyl (C=O) groups excluding carboxylic acids is 2. The summed E-state index contributed by atoms with van der Waals surface area (Å²) in [7, 11) is 0. The number of halogens is 2. The molecule has 1 aromatic heterocycles. The van der Waals surface area contributed by atoms with E-state index in [1.54, 1.807) is 4.90 Å². The maximum Gasteiger partial charge on any atom is 0.278 e. The second-order valence-corrected chi connectivity index (χ2v) is 7.68. The van der Waals surface area contributed by atoms with Crippen LogP contribution >= 0.6 is 11.6 Å². The maximum atomic E-state index is 13.9. The van der Waals surface area contributed by atoms with Gasteiger partial charge in [-0.3, -0.25) is 14.4 Å². The highest BCUT2D eigenvalue weighted by molar-refractivity contribution is 6.30. The number of para-hydroxylation sites is 1. The molecular weight excluding hydrogens is 423 g/mol. The highest BCUT2D eigenvalue weighted by atomic mass is 35.5. The predicted octanol–water partition coefficient (Wildman–Crippen LogP) is 3.27. The highest BCUT2D eigenvalue weighted by Gasteiger charge is 2.32. The Morgan fingerprint density at radius 1 is 1.19 bits per heavy atom. The molecule has 0 fully saturated rings. The van der Waals surface area contributed by atoms with Crippen molar-refractivity contribution in [1.29, 1.82) is 0 Å². The molecule has 1 atom stereocenters. The van der Waals surface area contributed by atoms with Gasteiger partial charge in [0.1, 0.15) is 18.1 Å². The van der Waals surface area contributed by atoms with Gasteiger partial charge in [0.2, 0.25) is 5.91 Å². The topological polar surface area (TPSA) is 84.3 Å². The molecule has 0 saturated carbocycles. The van der Waals surface area contributed by atoms with Gasteiger partial charge in [0.15, 0.2) is 0 Å². The number of hydrogen-bond acceptors (Lipinski definition) is 4. The van der Waals surface area contributed by atoms with Gasteiger partial charge in [-0.2, -0.15) is 5.10 Å². The fraction of sp³-hybridized carbons (Fsp3) is 0.182. The zero-order valence-corrected chi connectivity index (χ0v) is 17.3. The fourth-order valence-corrected chi connectivity index (χ4v) is 3.75. The van der Waals surface area contributed by atoms with Gasteiger partial charge >= 0.3 is 0 Å². The molecule has 9 heteroatoms. The number of anilines is 2. The molecule has 0 bridgehead atoms. The van der Waals surface area contributed by atoms with E-state index in [9.17, 15) is 18.8 Å². The first kappa shape index (κ1) is 20.7. The molecule has 1 N–H and O–H groups in total. The molecule has 0 aliphatic carbocycles. The Morgan fingerprint density at radius 3 is 2.74 bits per heavy atom. The molecule has 0 unspecified atom stereocenters. The lowest BCUT2D eigenvalue weighted by Crippen LogP contribution is -2.38. The van der Waals surface area contributed by atoms with Gasteiger partial charge in [-0.15, -0.1) is 0 Å². The van der Waals surface area contributed by atoms with E-state index in [-0.39, 0.29) is 28.4 Å². The molecule has 3 aromatic rings. The van der Waals surface area contributed by atoms with E-state index in [0.29, 0.717) is 0 Å². The molecule has 0 saturated heterocycles. The van der Waals surface area contributed by atoms with Crippen molar-refractivity contribution < 1.29 is 14.0 Å². The number of aromatic nitrogens is 2. The Bertz CT molecular complexity index is 1240. The lowest BCUT2D eigenvalue weighted by molar-refractivity contribution is -0.117. The van der Waals surface area contributed by atoms with E-state index in [2.05, 4.69) is 10.4 Å². The fourth-order valence-electron chi connectivity index (χ4n) is 3.59. The number of rotatable bonds is 4. The molecule has 1 aliphatic heterocycles. The predicted molar refractivity (Wildman–Crippen MR) is 115 cm³/mol. The average molecular weight is 441 g/mol. The van der Waals surface area contributed by atoms with Gasteiger partial charge in [-0.1, -0.05) is 29.8 Å². The van der Waals surface area contributed by atoms with Gasteiger partial charge in [0.25, 0.3) is 11.5 Å². The van der Waals surface area contributed by atoms with E-state index in [1.807, 2.05) is 31.2 Å². The van der Waals surface area contributed by atoms with Crippen LogP contribution in [0.2, 0.25) is 5.02 Å². The van der Waals surface area contributed by atoms with Gasteiger partial charge < -0.3 is 10.2 Å². The zero-order valence-electron chi connectivity index (χ0n) is 16.5. The summed E-state index contributed by atoms with van der Waals surface area (Å²) in [5.74, 6) is -1.73. The maximum absolute atomic E-state index is 13.9. The summed E-state index contributed by atoms with van der Waals surface area (Å²) in [6.07, 6.45) is 0.719. The van der Waals surface area contributed by atoms with Crippen LogP contribution in [-0.2, 0) is 17.8 Å². The van der Waals surface area contributed by atoms with Crippen molar-refractivity contribution >= 4 is 34.8 Å². The third kappa shape index (κ3) is 4.20. The first-order valence-corrected chi connectivity index (χ1v) is 9.96. The minimum atomic E-state index is -0.702. The standard InChI is InChI=1S/C22H18ClFN4O3/c1-13-10-14-4-2-3-5-19(14)28(13)22(31)18-8-9-21(30)27(26-18)12-20(29)25-17-7-6-15(23)11-16(17)24/h2-9,11,13H,10,12H2,1H3,(H,25,29)/t13-/m0/s1. The van der Waals surface area contributed by atoms with E-state index in [0.717, 1.165) is 28.4 Å². The molecule has 31 heavy (non-hydrogen) atoms. The number of benzene rings is 2. The summed E-state index contributed by atoms with van der Waals surface area (Å²) < 4.78 is 14.8. The lowest BCUT2D eigenvalue weighted by atomic mass is 10.1. The summed E-state index contributed by atoms with van der Waals surface area (Å²) in [5, 5.41) is 6.64. The molecule has 0 radical (unpaired) electrons. The second-order valence-electron chi connectivity index (χ2n) is 7.24. The van der Waals surface area contributed by atoms with Crippen LogP contribution in [0.5, 0.6) is 0 Å². The second kappa shape index (κ2) is 8.31. The number of hydrogen-bond donors (Lipinski definition) is 1. The van der Waals surface area contributed by atoms with Crippen molar-refractivity contribution in [2.75, 3.05) is 10.2 Å². The van der Waals surface area contributed by atoms with E-state index >= 15 is 0 Å². The Balaban J connectivity index is 1.55. The molecular formula is C22H18ClFN4O3. The van der Waals surface area contributed by atoms with Gasteiger partial charge in [0, 0.05) is 22.8 Å². The smallest absolute Gasteiger partial charge is 0.278 e. The average Bonchev–Trinajstić information content (AvgIpc) is 3.07. The third-order valence-electron chi connectivity index (χ3n) is 5.01. The summed E-state index contributed by atoms with van der Waals surface area (Å²) >= 11 is 5.70. The van der Waals surface area contributed by atoms with Gasteiger partial charge in [-0.25, -0.2) is 9.07 Å². The first-order valence-electron chi connectivity index (χ1n) is 9.58. The molecule has 2 amide bonds. The minimum absolute atomic E-state index is 0.0358. The summed E-state index contributed by atoms with van der Waals surface area (Å²) in [6, 6.07) is 13.9. The van der Waals surface area contributed by atoms with Crippen LogP contribution in [0.3, 0.4) is 0 Å². The summed E-state index contributed by atoms with van der Waals surface area (Å²) in [5.41, 5.74) is 1.26. The van der Waals surface area contributed by atoms with E-state index in [1.165, 1.54) is 24.3 Å². The first-order chi connectivity index (χ1) is 14.8. The van der Waals surface area contributed by atoms with Crippen LogP contribution in [0, 0.1) is 5.82 Å². The number of nitrogens with one attached hydrogen (secondary N) is 1. The SMILES string of the molecule is C[C@H]1Cc2ccccc2N1C(=O)c1ccc(=O)n(CC(=O)Nc2ccc(Cl)cc2F)n1. The van der Waals surface area contributed by atoms with Crippen molar-refractivity contribution in [1.82, 2.24) is 9.78 Å². The number of carbonyl (C=O) groups is 2. The largest absolute Gasteiger partial charge is 0.322 e. The molecule has 158 valence electrons. The van der Waals surface area contributed by atoms with Crippen molar-refractivity contribution in [3.63, 3.8) is 0 Å². The molecule has 2 aromatic carbocycles. The van der Waals surface area contributed by atoms with E-state index in [4.69, 9.17) is 11.6 Å². The van der Waals surface area contributed by atoms with Crippen molar-refractivity contribution in [3.8, 4) is 0 Å². The Morgan fingerprint density at radius 2 is 1.97 bits per heavy atom. The molecule has 1 aliphatic rings. The van der Waals surface area contributed by atoms with Crippen LogP contribution in [-0.4, -0.2) is 27.6 Å². The third-order valence-corrected chi connectivity index (χ3v) is 5.25. The van der Waals surface area contributed by atoms with Crippen LogP contribution in [0.25, 0.3) is 0 Å². The lowest BCUT2D eigenvalue weighted by Gasteiger charge is -2.22. The highest BCUT2D eigenvalue weighted by Crippen LogP contribution is 2.32. The Kier molecular flexibility index (Phi) is 5.56. The monoisotopic (exact) mass is 440 g/mol.